The van der Waals surface area contributed by atoms with E-state index in [9.17, 15) is 4.79 Å². The van der Waals surface area contributed by atoms with E-state index in [1.807, 2.05) is 78.9 Å². The average molecular weight is 894 g/mol. The minimum atomic E-state index is -0.0950. The van der Waals surface area contributed by atoms with Crippen molar-refractivity contribution in [1.29, 1.82) is 0 Å². The van der Waals surface area contributed by atoms with Crippen LogP contribution in [0.2, 0.25) is 0 Å². The van der Waals surface area contributed by atoms with Crippen molar-refractivity contribution in [2.24, 2.45) is 0 Å². The monoisotopic (exact) mass is 893 g/mol. The zero-order valence-electron chi connectivity index (χ0n) is 39.7. The van der Waals surface area contributed by atoms with E-state index in [4.69, 9.17) is 9.15 Å². The van der Waals surface area contributed by atoms with Crippen LogP contribution in [0.3, 0.4) is 0 Å². The predicted molar refractivity (Wildman–Crippen MR) is 271 cm³/mol. The van der Waals surface area contributed by atoms with Gasteiger partial charge in [-0.2, -0.15) is 0 Å². The molecule has 4 heterocycles. The molecular formula is C56H61N8O3+. The molecule has 8 rings (SSSR count). The van der Waals surface area contributed by atoms with Gasteiger partial charge >= 0.3 is 0 Å². The normalized spacial score (nSPS) is 11.4. The third-order valence-electron chi connectivity index (χ3n) is 12.4. The van der Waals surface area contributed by atoms with E-state index in [0.717, 1.165) is 124 Å². The average Bonchev–Trinajstić information content (AvgIpc) is 3.82. The number of hydrogen-bond donors (Lipinski definition) is 0. The van der Waals surface area contributed by atoms with E-state index in [2.05, 4.69) is 137 Å². The van der Waals surface area contributed by atoms with Crippen LogP contribution in [0, 0.1) is 0 Å². The molecule has 0 fully saturated rings. The molecule has 0 atom stereocenters. The van der Waals surface area contributed by atoms with Gasteiger partial charge in [-0.1, -0.05) is 66.8 Å². The number of carbonyl (C=O) groups excluding carboxylic acids is 1. The topological polar surface area (TPSA) is 105 Å². The standard InChI is InChI=1S/C56H61N8O3/c1-7-40-22-30-51(57-36-40)52-31-23-42(37-58-52)19-18-41-20-26-46(27-21-41)66-33-15-14-32-64-39-43(59-60-64)38-61(6)56(65)48-17-13-12-16-47(48)55-49-28-24-44(62(8-2)9-3)34-53(49)67-54-35-45(25-29-50(54)55)63(10-4)11-5/h12-13,16-31,34-37,39H,7-11,14-15,32-33,38H2,1-6H3/q+1/b19-18+. The number of aryl methyl sites for hydroxylation is 2. The van der Waals surface area contributed by atoms with Crippen LogP contribution in [-0.4, -0.2) is 75.6 Å². The summed E-state index contributed by atoms with van der Waals surface area (Å²) in [4.78, 5) is 27.6. The van der Waals surface area contributed by atoms with Crippen molar-refractivity contribution in [2.75, 3.05) is 44.7 Å². The van der Waals surface area contributed by atoms with Crippen LogP contribution in [0.5, 0.6) is 5.75 Å². The van der Waals surface area contributed by atoms with Gasteiger partial charge < -0.3 is 19.0 Å². The van der Waals surface area contributed by atoms with Crippen LogP contribution >= 0.6 is 0 Å². The Bertz CT molecular complexity index is 2980. The van der Waals surface area contributed by atoms with E-state index in [1.165, 1.54) is 5.56 Å². The van der Waals surface area contributed by atoms with E-state index < -0.39 is 0 Å². The first-order valence-corrected chi connectivity index (χ1v) is 23.7. The molecule has 3 aromatic carbocycles. The van der Waals surface area contributed by atoms with Crippen LogP contribution < -0.4 is 19.6 Å². The molecule has 2 aliphatic rings. The second kappa shape index (κ2) is 21.7. The lowest BCUT2D eigenvalue weighted by molar-refractivity contribution is 0.0784. The lowest BCUT2D eigenvalue weighted by Gasteiger charge is -2.23. The Balaban J connectivity index is 0.875. The molecule has 11 nitrogen and oxygen atoms in total. The molecule has 1 amide bonds. The summed E-state index contributed by atoms with van der Waals surface area (Å²) in [5, 5.41) is 10.9. The fourth-order valence-electron chi connectivity index (χ4n) is 8.53. The predicted octanol–water partition coefficient (Wildman–Crippen LogP) is 10.8. The summed E-state index contributed by atoms with van der Waals surface area (Å²) in [6, 6.07) is 37.0. The smallest absolute Gasteiger partial charge is 0.254 e. The number of benzene rings is 4. The van der Waals surface area contributed by atoms with E-state index in [0.29, 0.717) is 25.3 Å². The van der Waals surface area contributed by atoms with Crippen molar-refractivity contribution < 1.29 is 13.9 Å². The molecule has 0 saturated carbocycles. The van der Waals surface area contributed by atoms with Crippen molar-refractivity contribution in [1.82, 2.24) is 34.4 Å². The summed E-state index contributed by atoms with van der Waals surface area (Å²) in [6.45, 7) is 15.9. The summed E-state index contributed by atoms with van der Waals surface area (Å²) in [7, 11) is 1.82. The van der Waals surface area contributed by atoms with Crippen molar-refractivity contribution in [3.05, 3.63) is 161 Å². The lowest BCUT2D eigenvalue weighted by Crippen LogP contribution is -2.29. The molecule has 0 saturated heterocycles. The molecule has 342 valence electrons. The molecule has 3 aromatic heterocycles. The van der Waals surface area contributed by atoms with Crippen molar-refractivity contribution in [2.45, 2.75) is 67.0 Å². The van der Waals surface area contributed by atoms with Gasteiger partial charge in [0.2, 0.25) is 5.36 Å². The second-order valence-electron chi connectivity index (χ2n) is 16.7. The van der Waals surface area contributed by atoms with Crippen LogP contribution in [0.25, 0.3) is 57.0 Å². The highest BCUT2D eigenvalue weighted by molar-refractivity contribution is 6.09. The zero-order valence-corrected chi connectivity index (χ0v) is 39.7. The first-order valence-electron chi connectivity index (χ1n) is 23.7. The Labute approximate surface area is 394 Å². The lowest BCUT2D eigenvalue weighted by atomic mass is 9.90. The molecule has 0 N–H and O–H groups in total. The second-order valence-corrected chi connectivity index (χ2v) is 16.7. The summed E-state index contributed by atoms with van der Waals surface area (Å²) in [5.41, 5.74) is 11.1. The zero-order chi connectivity index (χ0) is 46.7. The van der Waals surface area contributed by atoms with E-state index >= 15 is 0 Å². The van der Waals surface area contributed by atoms with Crippen LogP contribution in [0.4, 0.5) is 5.69 Å². The number of ether oxygens (including phenoxy) is 1. The highest BCUT2D eigenvalue weighted by Gasteiger charge is 2.24. The van der Waals surface area contributed by atoms with Crippen molar-refractivity contribution >= 4 is 34.7 Å². The van der Waals surface area contributed by atoms with E-state index in [1.54, 1.807) is 4.90 Å². The molecule has 1 aliphatic carbocycles. The molecule has 0 radical (unpaired) electrons. The molecule has 11 heteroatoms. The fourth-order valence-corrected chi connectivity index (χ4v) is 8.53. The Hall–Kier alpha value is -7.40. The Morgan fingerprint density at radius 3 is 2.24 bits per heavy atom. The minimum Gasteiger partial charge on any atom is -0.494 e. The van der Waals surface area contributed by atoms with Crippen molar-refractivity contribution in [3.63, 3.8) is 0 Å². The van der Waals surface area contributed by atoms with Crippen LogP contribution in [0.15, 0.2) is 132 Å². The number of carbonyl (C=O) groups is 1. The third kappa shape index (κ3) is 10.8. The summed E-state index contributed by atoms with van der Waals surface area (Å²) in [5.74, 6) is 1.52. The van der Waals surface area contributed by atoms with Crippen LogP contribution in [0.1, 0.15) is 80.2 Å². The van der Waals surface area contributed by atoms with Gasteiger partial charge in [0.15, 0.2) is 0 Å². The van der Waals surface area contributed by atoms with Gasteiger partial charge in [-0.15, -0.1) is 5.10 Å². The number of pyridine rings is 2. The first-order chi connectivity index (χ1) is 32.8. The SMILES string of the molecule is CCc1ccc(-c2ccc(/C=C/c3ccc(OCCCCn4cc(CN(C)C(=O)c5ccccc5-c5c6ccc(=[N+](CC)CC)cc-6oc6cc(N(CC)CC)ccc56)nn4)cc3)cn2)nc1. The quantitative estimate of drug-likeness (QED) is 0.0449. The van der Waals surface area contributed by atoms with Gasteiger partial charge in [0.1, 0.15) is 35.9 Å². The maximum Gasteiger partial charge on any atom is 0.254 e. The Morgan fingerprint density at radius 2 is 1.52 bits per heavy atom. The van der Waals surface area contributed by atoms with Crippen LogP contribution in [-0.2, 0) is 19.5 Å². The van der Waals surface area contributed by atoms with Gasteiger partial charge in [0.05, 0.1) is 36.8 Å². The molecular weight excluding hydrogens is 833 g/mol. The molecule has 6 aromatic rings. The maximum atomic E-state index is 14.4. The molecule has 0 unspecified atom stereocenters. The maximum absolute atomic E-state index is 14.4. The number of amides is 1. The highest BCUT2D eigenvalue weighted by atomic mass is 16.5. The number of aromatic nitrogens is 5. The Morgan fingerprint density at radius 1 is 0.776 bits per heavy atom. The number of hydrogen-bond acceptors (Lipinski definition) is 8. The largest absolute Gasteiger partial charge is 0.494 e. The number of fused-ring (bicyclic) bond motifs is 2. The van der Waals surface area contributed by atoms with Gasteiger partial charge in [0, 0.05) is 79.0 Å². The molecule has 0 bridgehead atoms. The number of rotatable bonds is 19. The van der Waals surface area contributed by atoms with Gasteiger partial charge in [0.25, 0.3) is 5.91 Å². The Kier molecular flexibility index (Phi) is 15.0. The molecule has 67 heavy (non-hydrogen) atoms. The first kappa shape index (κ1) is 46.1. The van der Waals surface area contributed by atoms with E-state index in [-0.39, 0.29) is 5.91 Å². The van der Waals surface area contributed by atoms with Gasteiger partial charge in [-0.3, -0.25) is 19.4 Å². The minimum absolute atomic E-state index is 0.0950. The van der Waals surface area contributed by atoms with Gasteiger partial charge in [-0.05, 0) is 118 Å². The summed E-state index contributed by atoms with van der Waals surface area (Å²) in [6.07, 6.45) is 12.5. The number of unbranched alkanes of at least 4 members (excludes halogenated alkanes) is 1. The number of nitrogens with zero attached hydrogens (tertiary/aromatic N) is 8. The third-order valence-corrected chi connectivity index (χ3v) is 12.4. The molecule has 0 spiro atoms. The van der Waals surface area contributed by atoms with Crippen molar-refractivity contribution in [3.8, 4) is 39.6 Å². The summed E-state index contributed by atoms with van der Waals surface area (Å²) < 4.78 is 16.9. The molecule has 1 aliphatic heterocycles. The van der Waals surface area contributed by atoms with Gasteiger partial charge in [-0.25, -0.2) is 4.58 Å². The fraction of sp³-hybridized carbons (Fsp3) is 0.286. The highest BCUT2D eigenvalue weighted by Crippen LogP contribution is 2.42. The number of anilines is 1. The summed E-state index contributed by atoms with van der Waals surface area (Å²) >= 11 is 0.